The van der Waals surface area contributed by atoms with Crippen LogP contribution in [0.3, 0.4) is 0 Å². The van der Waals surface area contributed by atoms with E-state index in [0.717, 1.165) is 44.4 Å². The summed E-state index contributed by atoms with van der Waals surface area (Å²) in [7, 11) is 0. The maximum absolute atomic E-state index is 4.82. The van der Waals surface area contributed by atoms with Crippen LogP contribution in [0.4, 0.5) is 0 Å². The SMILES string of the molecule is CCNC(=NCc1ncccc1C)N1CCC(N(CC)CC)C1.I. The average molecular weight is 445 g/mol. The Morgan fingerprint density at radius 2 is 2.12 bits per heavy atom. The molecule has 0 spiro atoms. The van der Waals surface area contributed by atoms with Crippen molar-refractivity contribution < 1.29 is 0 Å². The number of guanidine groups is 1. The maximum Gasteiger partial charge on any atom is 0.194 e. The number of halogens is 1. The molecule has 1 fully saturated rings. The summed E-state index contributed by atoms with van der Waals surface area (Å²) in [4.78, 5) is 14.2. The van der Waals surface area contributed by atoms with Gasteiger partial charge in [0.15, 0.2) is 5.96 Å². The quantitative estimate of drug-likeness (QED) is 0.416. The Bertz CT molecular complexity index is 516. The van der Waals surface area contributed by atoms with E-state index in [0.29, 0.717) is 12.6 Å². The number of nitrogens with one attached hydrogen (secondary N) is 1. The molecule has 0 radical (unpaired) electrons. The number of aromatic nitrogens is 1. The maximum atomic E-state index is 4.82. The zero-order valence-electron chi connectivity index (χ0n) is 15.5. The molecule has 0 aliphatic carbocycles. The van der Waals surface area contributed by atoms with Gasteiger partial charge < -0.3 is 10.2 Å². The van der Waals surface area contributed by atoms with Gasteiger partial charge in [0.25, 0.3) is 0 Å². The number of aryl methyl sites for hydroxylation is 1. The Hall–Kier alpha value is -0.890. The van der Waals surface area contributed by atoms with Crippen molar-refractivity contribution in [2.45, 2.75) is 46.7 Å². The van der Waals surface area contributed by atoms with Gasteiger partial charge >= 0.3 is 0 Å². The molecule has 24 heavy (non-hydrogen) atoms. The Kier molecular flexibility index (Phi) is 9.58. The molecule has 0 bridgehead atoms. The molecule has 1 aromatic heterocycles. The molecule has 0 amide bonds. The summed E-state index contributed by atoms with van der Waals surface area (Å²) < 4.78 is 0. The second kappa shape index (κ2) is 10.9. The van der Waals surface area contributed by atoms with Gasteiger partial charge in [0.05, 0.1) is 12.2 Å². The molecule has 0 saturated carbocycles. The van der Waals surface area contributed by atoms with Gasteiger partial charge in [-0.05, 0) is 45.0 Å². The molecule has 1 unspecified atom stereocenters. The van der Waals surface area contributed by atoms with Crippen molar-refractivity contribution in [2.24, 2.45) is 4.99 Å². The second-order valence-corrected chi connectivity index (χ2v) is 6.05. The summed E-state index contributed by atoms with van der Waals surface area (Å²) in [5, 5.41) is 3.44. The zero-order chi connectivity index (χ0) is 16.7. The van der Waals surface area contributed by atoms with E-state index in [-0.39, 0.29) is 24.0 Å². The van der Waals surface area contributed by atoms with Crippen LogP contribution in [0.5, 0.6) is 0 Å². The summed E-state index contributed by atoms with van der Waals surface area (Å²) in [6.45, 7) is 14.6. The summed E-state index contributed by atoms with van der Waals surface area (Å²) in [5.41, 5.74) is 2.26. The van der Waals surface area contributed by atoms with Crippen LogP contribution in [0.2, 0.25) is 0 Å². The van der Waals surface area contributed by atoms with Crippen molar-refractivity contribution in [1.82, 2.24) is 20.1 Å². The summed E-state index contributed by atoms with van der Waals surface area (Å²) in [6, 6.07) is 4.71. The van der Waals surface area contributed by atoms with Crippen molar-refractivity contribution in [3.8, 4) is 0 Å². The molecule has 0 aromatic carbocycles. The van der Waals surface area contributed by atoms with E-state index >= 15 is 0 Å². The highest BCUT2D eigenvalue weighted by atomic mass is 127. The van der Waals surface area contributed by atoms with E-state index in [9.17, 15) is 0 Å². The fourth-order valence-corrected chi connectivity index (χ4v) is 3.23. The molecule has 5 nitrogen and oxygen atoms in total. The van der Waals surface area contributed by atoms with Crippen LogP contribution in [-0.2, 0) is 6.54 Å². The highest BCUT2D eigenvalue weighted by Gasteiger charge is 2.27. The minimum absolute atomic E-state index is 0. The molecule has 136 valence electrons. The molecule has 1 aromatic rings. The number of likely N-dealkylation sites (N-methyl/N-ethyl adjacent to an activating group) is 1. The number of aliphatic imine (C=N–C) groups is 1. The van der Waals surface area contributed by atoms with Gasteiger partial charge in [-0.2, -0.15) is 0 Å². The minimum Gasteiger partial charge on any atom is -0.357 e. The average Bonchev–Trinajstić information content (AvgIpc) is 3.04. The minimum atomic E-state index is 0. The van der Waals surface area contributed by atoms with Crippen LogP contribution in [0.1, 0.15) is 38.4 Å². The molecule has 1 aliphatic rings. The molecule has 2 heterocycles. The van der Waals surface area contributed by atoms with Crippen LogP contribution >= 0.6 is 24.0 Å². The Labute approximate surface area is 163 Å². The predicted octanol–water partition coefficient (Wildman–Crippen LogP) is 2.89. The number of hydrogen-bond donors (Lipinski definition) is 1. The van der Waals surface area contributed by atoms with Crippen molar-refractivity contribution >= 4 is 29.9 Å². The number of hydrogen-bond acceptors (Lipinski definition) is 3. The molecule has 6 heteroatoms. The first kappa shape index (κ1) is 21.2. The second-order valence-electron chi connectivity index (χ2n) is 6.05. The van der Waals surface area contributed by atoms with E-state index in [1.807, 2.05) is 12.3 Å². The first-order valence-electron chi connectivity index (χ1n) is 8.87. The van der Waals surface area contributed by atoms with Crippen molar-refractivity contribution in [3.63, 3.8) is 0 Å². The lowest BCUT2D eigenvalue weighted by atomic mass is 10.2. The van der Waals surface area contributed by atoms with Crippen LogP contribution in [-0.4, -0.2) is 59.5 Å². The highest BCUT2D eigenvalue weighted by Crippen LogP contribution is 2.16. The van der Waals surface area contributed by atoms with E-state index in [1.165, 1.54) is 12.0 Å². The van der Waals surface area contributed by atoms with Crippen molar-refractivity contribution in [3.05, 3.63) is 29.6 Å². The van der Waals surface area contributed by atoms with Crippen LogP contribution in [0.25, 0.3) is 0 Å². The van der Waals surface area contributed by atoms with Crippen LogP contribution in [0, 0.1) is 6.92 Å². The van der Waals surface area contributed by atoms with E-state index in [4.69, 9.17) is 4.99 Å². The van der Waals surface area contributed by atoms with E-state index in [1.54, 1.807) is 0 Å². The number of rotatable bonds is 6. The standard InChI is InChI=1S/C18H31N5.HI/c1-5-19-18(21-13-17-15(4)9-8-11-20-17)23-12-10-16(14-23)22(6-2)7-3;/h8-9,11,16H,5-7,10,12-14H2,1-4H3,(H,19,21);1H. The number of likely N-dealkylation sites (tertiary alicyclic amines) is 1. The lowest BCUT2D eigenvalue weighted by molar-refractivity contribution is 0.223. The normalized spacial score (nSPS) is 18.0. The molecule has 1 saturated heterocycles. The summed E-state index contributed by atoms with van der Waals surface area (Å²) in [5.74, 6) is 1.02. The zero-order valence-corrected chi connectivity index (χ0v) is 17.8. The van der Waals surface area contributed by atoms with E-state index < -0.39 is 0 Å². The fourth-order valence-electron chi connectivity index (χ4n) is 3.23. The summed E-state index contributed by atoms with van der Waals surface area (Å²) in [6.07, 6.45) is 3.06. The van der Waals surface area contributed by atoms with Crippen molar-refractivity contribution in [2.75, 3.05) is 32.7 Å². The highest BCUT2D eigenvalue weighted by molar-refractivity contribution is 14.0. The van der Waals surface area contributed by atoms with Gasteiger partial charge in [-0.1, -0.05) is 19.9 Å². The molecular formula is C18H32IN5. The third-order valence-electron chi connectivity index (χ3n) is 4.62. The Morgan fingerprint density at radius 1 is 1.38 bits per heavy atom. The molecule has 2 rings (SSSR count). The topological polar surface area (TPSA) is 43.8 Å². The van der Waals surface area contributed by atoms with Crippen LogP contribution < -0.4 is 5.32 Å². The third kappa shape index (κ3) is 5.58. The monoisotopic (exact) mass is 445 g/mol. The van der Waals surface area contributed by atoms with Gasteiger partial charge in [0.2, 0.25) is 0 Å². The van der Waals surface area contributed by atoms with Crippen molar-refractivity contribution in [1.29, 1.82) is 0 Å². The van der Waals surface area contributed by atoms with Crippen LogP contribution in [0.15, 0.2) is 23.3 Å². The van der Waals surface area contributed by atoms with Gasteiger partial charge in [0, 0.05) is 31.9 Å². The lowest BCUT2D eigenvalue weighted by Crippen LogP contribution is -2.43. The predicted molar refractivity (Wildman–Crippen MR) is 112 cm³/mol. The number of nitrogens with zero attached hydrogens (tertiary/aromatic N) is 4. The Balaban J connectivity index is 0.00000288. The van der Waals surface area contributed by atoms with E-state index in [2.05, 4.69) is 53.9 Å². The fraction of sp³-hybridized carbons (Fsp3) is 0.667. The van der Waals surface area contributed by atoms with Gasteiger partial charge in [-0.25, -0.2) is 4.99 Å². The van der Waals surface area contributed by atoms with Gasteiger partial charge in [-0.3, -0.25) is 9.88 Å². The first-order chi connectivity index (χ1) is 11.2. The third-order valence-corrected chi connectivity index (χ3v) is 4.62. The molecule has 1 atom stereocenters. The molecule has 1 N–H and O–H groups in total. The Morgan fingerprint density at radius 3 is 2.75 bits per heavy atom. The lowest BCUT2D eigenvalue weighted by Gasteiger charge is -2.27. The first-order valence-corrected chi connectivity index (χ1v) is 8.87. The smallest absolute Gasteiger partial charge is 0.194 e. The summed E-state index contributed by atoms with van der Waals surface area (Å²) >= 11 is 0. The molecule has 1 aliphatic heterocycles. The van der Waals surface area contributed by atoms with Gasteiger partial charge in [0.1, 0.15) is 0 Å². The van der Waals surface area contributed by atoms with Gasteiger partial charge in [-0.15, -0.1) is 24.0 Å². The molecular weight excluding hydrogens is 413 g/mol. The largest absolute Gasteiger partial charge is 0.357 e. The number of pyridine rings is 1.